The molecule has 1 heterocycles. The normalized spacial score (nSPS) is 38.7. The van der Waals surface area contributed by atoms with Crippen LogP contribution in [0, 0.1) is 0 Å². The van der Waals surface area contributed by atoms with Gasteiger partial charge in [-0.05, 0) is 5.53 Å². The maximum absolute atomic E-state index is 11.3. The Balaban J connectivity index is 3.26. The van der Waals surface area contributed by atoms with Crippen molar-refractivity contribution in [1.82, 2.24) is 5.32 Å². The van der Waals surface area contributed by atoms with Gasteiger partial charge in [-0.2, -0.15) is 0 Å². The molecular formula is C10H18N4O6. The Labute approximate surface area is 114 Å². The predicted octanol–water partition coefficient (Wildman–Crippen LogP) is -2.01. The SMILES string of the molecule is CC(=O)N[C@@]1(C(C)N=[N+]=[N-])[C@H](O)O[C@H](CO)[C@@H](O)[C@@H]1O. The molecule has 0 aromatic heterocycles. The van der Waals surface area contributed by atoms with Crippen molar-refractivity contribution >= 4 is 5.91 Å². The minimum absolute atomic E-state index is 0.624. The first-order valence-corrected chi connectivity index (χ1v) is 5.94. The Morgan fingerprint density at radius 1 is 1.55 bits per heavy atom. The molecule has 5 N–H and O–H groups in total. The van der Waals surface area contributed by atoms with Crippen molar-refractivity contribution in [3.8, 4) is 0 Å². The Morgan fingerprint density at radius 3 is 2.60 bits per heavy atom. The monoisotopic (exact) mass is 290 g/mol. The highest BCUT2D eigenvalue weighted by Crippen LogP contribution is 2.33. The van der Waals surface area contributed by atoms with Crippen molar-refractivity contribution in [2.75, 3.05) is 6.61 Å². The highest BCUT2D eigenvalue weighted by Gasteiger charge is 2.58. The number of hydrogen-bond donors (Lipinski definition) is 5. The van der Waals surface area contributed by atoms with Crippen molar-refractivity contribution in [3.63, 3.8) is 0 Å². The lowest BCUT2D eigenvalue weighted by Crippen LogP contribution is -2.76. The Morgan fingerprint density at radius 2 is 2.15 bits per heavy atom. The number of carbonyl (C=O) groups is 1. The number of hydrogen-bond acceptors (Lipinski definition) is 7. The van der Waals surface area contributed by atoms with E-state index in [0.717, 1.165) is 6.92 Å². The molecule has 1 aliphatic rings. The average molecular weight is 290 g/mol. The first-order chi connectivity index (χ1) is 9.31. The van der Waals surface area contributed by atoms with E-state index in [9.17, 15) is 20.1 Å². The molecule has 1 saturated heterocycles. The summed E-state index contributed by atoms with van der Waals surface area (Å²) in [5, 5.41) is 44.8. The van der Waals surface area contributed by atoms with E-state index < -0.39 is 48.7 Å². The summed E-state index contributed by atoms with van der Waals surface area (Å²) in [6.45, 7) is 1.84. The average Bonchev–Trinajstić information content (AvgIpc) is 2.38. The molecule has 0 aliphatic carbocycles. The number of aliphatic hydroxyl groups excluding tert-OH is 4. The summed E-state index contributed by atoms with van der Waals surface area (Å²) in [6, 6.07) is -1.12. The van der Waals surface area contributed by atoms with E-state index in [1.54, 1.807) is 0 Å². The smallest absolute Gasteiger partial charge is 0.217 e. The fourth-order valence-electron chi connectivity index (χ4n) is 2.31. The molecule has 10 nitrogen and oxygen atoms in total. The standard InChI is InChI=1S/C10H18N4O6/c1-4(13-14-11)10(12-5(2)16)8(18)7(17)6(3-15)20-9(10)19/h4,6-9,15,17-19H,3H2,1-2H3,(H,12,16)/t4?,6-,7-,8+,9-,10-/m1/s1. The van der Waals surface area contributed by atoms with Gasteiger partial charge >= 0.3 is 0 Å². The van der Waals surface area contributed by atoms with Gasteiger partial charge in [0.05, 0.1) is 12.6 Å². The Kier molecular flexibility index (Phi) is 5.28. The topological polar surface area (TPSA) is 168 Å². The second kappa shape index (κ2) is 6.35. The molecule has 0 spiro atoms. The van der Waals surface area contributed by atoms with Gasteiger partial charge in [0.2, 0.25) is 5.91 Å². The summed E-state index contributed by atoms with van der Waals surface area (Å²) in [5.41, 5.74) is 6.58. The molecule has 0 saturated carbocycles. The summed E-state index contributed by atoms with van der Waals surface area (Å²) < 4.78 is 5.00. The lowest BCUT2D eigenvalue weighted by molar-refractivity contribution is -0.287. The molecule has 1 unspecified atom stereocenters. The number of carbonyl (C=O) groups excluding carboxylic acids is 1. The van der Waals surface area contributed by atoms with Crippen LogP contribution in [0.1, 0.15) is 13.8 Å². The molecule has 0 bridgehead atoms. The third-order valence-corrected chi connectivity index (χ3v) is 3.39. The fourth-order valence-corrected chi connectivity index (χ4v) is 2.31. The van der Waals surface area contributed by atoms with E-state index in [4.69, 9.17) is 15.4 Å². The summed E-state index contributed by atoms with van der Waals surface area (Å²) in [5.74, 6) is -0.624. The number of azide groups is 1. The van der Waals surface area contributed by atoms with E-state index in [0.29, 0.717) is 0 Å². The van der Waals surface area contributed by atoms with Crippen LogP contribution in [0.2, 0.25) is 0 Å². The highest BCUT2D eigenvalue weighted by molar-refractivity contribution is 5.74. The van der Waals surface area contributed by atoms with Crippen molar-refractivity contribution < 1.29 is 30.0 Å². The lowest BCUT2D eigenvalue weighted by atomic mass is 9.78. The van der Waals surface area contributed by atoms with Gasteiger partial charge in [0.25, 0.3) is 0 Å². The fraction of sp³-hybridized carbons (Fsp3) is 0.900. The van der Waals surface area contributed by atoms with Crippen molar-refractivity contribution in [1.29, 1.82) is 0 Å². The van der Waals surface area contributed by atoms with Gasteiger partial charge in [-0.3, -0.25) is 4.79 Å². The summed E-state index contributed by atoms with van der Waals surface area (Å²) in [6.07, 6.45) is -6.28. The summed E-state index contributed by atoms with van der Waals surface area (Å²) >= 11 is 0. The first-order valence-electron chi connectivity index (χ1n) is 5.94. The number of ether oxygens (including phenoxy) is 1. The molecule has 1 fully saturated rings. The van der Waals surface area contributed by atoms with Crippen LogP contribution in [0.3, 0.4) is 0 Å². The molecule has 10 heteroatoms. The Bertz CT molecular complexity index is 415. The molecule has 1 rings (SSSR count). The van der Waals surface area contributed by atoms with Gasteiger partial charge in [0.1, 0.15) is 23.9 Å². The molecule has 0 aromatic rings. The molecular weight excluding hydrogens is 272 g/mol. The van der Waals surface area contributed by atoms with Crippen LogP contribution in [-0.4, -0.2) is 69.1 Å². The van der Waals surface area contributed by atoms with Gasteiger partial charge < -0.3 is 30.5 Å². The number of nitrogens with zero attached hydrogens (tertiary/aromatic N) is 3. The number of amides is 1. The van der Waals surface area contributed by atoms with Crippen LogP contribution >= 0.6 is 0 Å². The van der Waals surface area contributed by atoms with Crippen molar-refractivity contribution in [2.45, 2.75) is 50.0 Å². The maximum atomic E-state index is 11.3. The number of nitrogens with one attached hydrogen (secondary N) is 1. The molecule has 1 amide bonds. The number of aliphatic hydroxyl groups is 4. The molecule has 0 radical (unpaired) electrons. The van der Waals surface area contributed by atoms with Gasteiger partial charge in [0, 0.05) is 11.8 Å². The van der Waals surface area contributed by atoms with E-state index in [2.05, 4.69) is 15.3 Å². The van der Waals surface area contributed by atoms with Crippen molar-refractivity contribution in [2.24, 2.45) is 5.11 Å². The van der Waals surface area contributed by atoms with E-state index in [1.807, 2.05) is 0 Å². The zero-order valence-electron chi connectivity index (χ0n) is 11.0. The second-order valence-corrected chi connectivity index (χ2v) is 4.64. The highest BCUT2D eigenvalue weighted by atomic mass is 16.6. The number of rotatable bonds is 4. The second-order valence-electron chi connectivity index (χ2n) is 4.64. The minimum Gasteiger partial charge on any atom is -0.394 e. The third-order valence-electron chi connectivity index (χ3n) is 3.39. The van der Waals surface area contributed by atoms with Crippen LogP contribution in [0.4, 0.5) is 0 Å². The van der Waals surface area contributed by atoms with Gasteiger partial charge in [0.15, 0.2) is 6.29 Å². The largest absolute Gasteiger partial charge is 0.394 e. The third kappa shape index (κ3) is 2.70. The predicted molar refractivity (Wildman–Crippen MR) is 65.1 cm³/mol. The van der Waals surface area contributed by atoms with E-state index in [1.165, 1.54) is 6.92 Å². The molecule has 0 aromatic carbocycles. The zero-order chi connectivity index (χ0) is 15.5. The van der Waals surface area contributed by atoms with Gasteiger partial charge in [-0.15, -0.1) is 0 Å². The van der Waals surface area contributed by atoms with E-state index >= 15 is 0 Å². The molecule has 1 aliphatic heterocycles. The lowest BCUT2D eigenvalue weighted by Gasteiger charge is -2.51. The van der Waals surface area contributed by atoms with Gasteiger partial charge in [-0.25, -0.2) is 0 Å². The quantitative estimate of drug-likeness (QED) is 0.228. The van der Waals surface area contributed by atoms with Crippen LogP contribution in [0.5, 0.6) is 0 Å². The summed E-state index contributed by atoms with van der Waals surface area (Å²) in [7, 11) is 0. The van der Waals surface area contributed by atoms with Crippen LogP contribution in [-0.2, 0) is 9.53 Å². The Hall–Kier alpha value is -1.42. The molecule has 20 heavy (non-hydrogen) atoms. The van der Waals surface area contributed by atoms with E-state index in [-0.39, 0.29) is 0 Å². The maximum Gasteiger partial charge on any atom is 0.217 e. The molecule has 6 atom stereocenters. The zero-order valence-corrected chi connectivity index (χ0v) is 11.0. The summed E-state index contributed by atoms with van der Waals surface area (Å²) in [4.78, 5) is 13.9. The van der Waals surface area contributed by atoms with Gasteiger partial charge in [-0.1, -0.05) is 12.0 Å². The van der Waals surface area contributed by atoms with Crippen LogP contribution < -0.4 is 5.32 Å². The first kappa shape index (κ1) is 16.6. The van der Waals surface area contributed by atoms with Crippen LogP contribution in [0.15, 0.2) is 5.11 Å². The molecule has 114 valence electrons. The van der Waals surface area contributed by atoms with Crippen molar-refractivity contribution in [3.05, 3.63) is 10.4 Å². The van der Waals surface area contributed by atoms with Crippen LogP contribution in [0.25, 0.3) is 10.4 Å². The minimum atomic E-state index is -1.91.